The quantitative estimate of drug-likeness (QED) is 0.689. The van der Waals surface area contributed by atoms with Crippen molar-refractivity contribution in [3.63, 3.8) is 0 Å². The average Bonchev–Trinajstić information content (AvgIpc) is 2.70. The largest absolute Gasteiger partial charge is 0.359 e. The van der Waals surface area contributed by atoms with Crippen molar-refractivity contribution in [2.45, 2.75) is 19.0 Å². The molecule has 1 aromatic rings. The molecule has 0 saturated carbocycles. The van der Waals surface area contributed by atoms with Gasteiger partial charge in [-0.1, -0.05) is 0 Å². The van der Waals surface area contributed by atoms with Gasteiger partial charge in [-0.15, -0.1) is 0 Å². The van der Waals surface area contributed by atoms with Crippen molar-refractivity contribution in [1.29, 1.82) is 0 Å². The van der Waals surface area contributed by atoms with Crippen LogP contribution in [0.25, 0.3) is 0 Å². The predicted molar refractivity (Wildman–Crippen MR) is 66.2 cm³/mol. The molecular formula is C11H21N5O. The third-order valence-electron chi connectivity index (χ3n) is 2.79. The van der Waals surface area contributed by atoms with Crippen LogP contribution >= 0.6 is 0 Å². The molecule has 1 rings (SSSR count). The van der Waals surface area contributed by atoms with Crippen LogP contribution in [-0.4, -0.2) is 47.3 Å². The number of nitrogens with zero attached hydrogens (tertiary/aromatic N) is 3. The molecule has 3 N–H and O–H groups in total. The summed E-state index contributed by atoms with van der Waals surface area (Å²) in [7, 11) is 5.49. The highest BCUT2D eigenvalue weighted by Crippen LogP contribution is 2.07. The minimum atomic E-state index is 0.0125. The number of carbonyl (C=O) groups excluding carboxylic acids is 1. The summed E-state index contributed by atoms with van der Waals surface area (Å²) in [5.74, 6) is 0.0125. The van der Waals surface area contributed by atoms with E-state index in [1.807, 2.05) is 26.5 Å². The van der Waals surface area contributed by atoms with E-state index in [-0.39, 0.29) is 11.9 Å². The Morgan fingerprint density at radius 3 is 2.88 bits per heavy atom. The number of hydrogen-bond donors (Lipinski definition) is 2. The van der Waals surface area contributed by atoms with Crippen LogP contribution in [0.3, 0.4) is 0 Å². The van der Waals surface area contributed by atoms with Crippen LogP contribution in [-0.2, 0) is 18.4 Å². The van der Waals surface area contributed by atoms with E-state index in [9.17, 15) is 4.79 Å². The lowest BCUT2D eigenvalue weighted by Gasteiger charge is -2.25. The maximum atomic E-state index is 11.3. The highest BCUT2D eigenvalue weighted by Gasteiger charge is 2.17. The zero-order valence-corrected chi connectivity index (χ0v) is 10.7. The van der Waals surface area contributed by atoms with Gasteiger partial charge in [0.15, 0.2) is 0 Å². The Hall–Kier alpha value is -1.40. The van der Waals surface area contributed by atoms with E-state index in [0.717, 1.165) is 12.1 Å². The van der Waals surface area contributed by atoms with Crippen LogP contribution in [0.15, 0.2) is 12.4 Å². The van der Waals surface area contributed by atoms with Crippen LogP contribution in [0.5, 0.6) is 0 Å². The van der Waals surface area contributed by atoms with Gasteiger partial charge < -0.3 is 11.1 Å². The molecule has 1 unspecified atom stereocenters. The molecule has 17 heavy (non-hydrogen) atoms. The van der Waals surface area contributed by atoms with Crippen molar-refractivity contribution >= 4 is 5.91 Å². The molecule has 0 aromatic carbocycles. The number of nitrogens with one attached hydrogen (secondary N) is 1. The first-order chi connectivity index (χ1) is 8.06. The van der Waals surface area contributed by atoms with Crippen LogP contribution in [0, 0.1) is 0 Å². The van der Waals surface area contributed by atoms with Gasteiger partial charge in [-0.2, -0.15) is 5.10 Å². The van der Waals surface area contributed by atoms with Crippen molar-refractivity contribution in [2.24, 2.45) is 12.8 Å². The van der Waals surface area contributed by atoms with Crippen LogP contribution in [0.1, 0.15) is 12.0 Å². The third-order valence-corrected chi connectivity index (χ3v) is 2.79. The summed E-state index contributed by atoms with van der Waals surface area (Å²) >= 11 is 0. The van der Waals surface area contributed by atoms with E-state index in [2.05, 4.69) is 15.3 Å². The molecule has 0 spiro atoms. The lowest BCUT2D eigenvalue weighted by molar-refractivity contribution is -0.121. The van der Waals surface area contributed by atoms with Gasteiger partial charge in [-0.05, 0) is 7.05 Å². The van der Waals surface area contributed by atoms with Crippen molar-refractivity contribution in [3.05, 3.63) is 18.0 Å². The van der Waals surface area contributed by atoms with Crippen molar-refractivity contribution in [3.8, 4) is 0 Å². The zero-order valence-electron chi connectivity index (χ0n) is 10.7. The molecule has 0 aliphatic heterocycles. The summed E-state index contributed by atoms with van der Waals surface area (Å²) < 4.78 is 1.76. The van der Waals surface area contributed by atoms with Crippen molar-refractivity contribution in [2.75, 3.05) is 20.6 Å². The molecule has 0 aliphatic carbocycles. The number of hydrogen-bond acceptors (Lipinski definition) is 4. The molecule has 1 amide bonds. The van der Waals surface area contributed by atoms with Crippen molar-refractivity contribution in [1.82, 2.24) is 20.0 Å². The van der Waals surface area contributed by atoms with Crippen LogP contribution in [0.2, 0.25) is 0 Å². The molecule has 0 radical (unpaired) electrons. The summed E-state index contributed by atoms with van der Waals surface area (Å²) in [5.41, 5.74) is 6.81. The Morgan fingerprint density at radius 2 is 2.41 bits per heavy atom. The molecular weight excluding hydrogens is 218 g/mol. The lowest BCUT2D eigenvalue weighted by atomic mass is 10.1. The molecule has 1 aromatic heterocycles. The molecule has 0 fully saturated rings. The Labute approximate surface area is 102 Å². The molecule has 0 bridgehead atoms. The maximum absolute atomic E-state index is 11.3. The fourth-order valence-electron chi connectivity index (χ4n) is 1.71. The lowest BCUT2D eigenvalue weighted by Crippen LogP contribution is -2.40. The average molecular weight is 239 g/mol. The molecule has 6 heteroatoms. The standard InChI is InChI=1S/C11H21N5O/c1-13-11(17)4-10(5-12)15(2)7-9-6-14-16(3)8-9/h6,8,10H,4-5,7,12H2,1-3H3,(H,13,17). The predicted octanol–water partition coefficient (Wildman–Crippen LogP) is -0.685. The summed E-state index contributed by atoms with van der Waals surface area (Å²) in [6, 6.07) is 0.0511. The van der Waals surface area contributed by atoms with Gasteiger partial charge >= 0.3 is 0 Å². The van der Waals surface area contributed by atoms with E-state index in [0.29, 0.717) is 13.0 Å². The van der Waals surface area contributed by atoms with E-state index in [4.69, 9.17) is 5.73 Å². The van der Waals surface area contributed by atoms with Gasteiger partial charge in [0, 0.05) is 51.4 Å². The summed E-state index contributed by atoms with van der Waals surface area (Å²) in [6.45, 7) is 1.21. The van der Waals surface area contributed by atoms with Gasteiger partial charge in [0.1, 0.15) is 0 Å². The second-order valence-electron chi connectivity index (χ2n) is 4.20. The van der Waals surface area contributed by atoms with Gasteiger partial charge in [0.2, 0.25) is 5.91 Å². The summed E-state index contributed by atoms with van der Waals surface area (Å²) in [4.78, 5) is 13.4. The minimum Gasteiger partial charge on any atom is -0.359 e. The van der Waals surface area contributed by atoms with Crippen LogP contribution < -0.4 is 11.1 Å². The normalized spacial score (nSPS) is 12.8. The second-order valence-corrected chi connectivity index (χ2v) is 4.20. The van der Waals surface area contributed by atoms with Gasteiger partial charge in [-0.25, -0.2) is 0 Å². The monoisotopic (exact) mass is 239 g/mol. The number of likely N-dealkylation sites (N-methyl/N-ethyl adjacent to an activating group) is 1. The van der Waals surface area contributed by atoms with Gasteiger partial charge in [-0.3, -0.25) is 14.4 Å². The number of rotatable bonds is 6. The smallest absolute Gasteiger partial charge is 0.221 e. The van der Waals surface area contributed by atoms with E-state index in [1.54, 1.807) is 11.7 Å². The van der Waals surface area contributed by atoms with Gasteiger partial charge in [0.05, 0.1) is 6.20 Å². The summed E-state index contributed by atoms with van der Waals surface area (Å²) in [5, 5.41) is 6.73. The van der Waals surface area contributed by atoms with Gasteiger partial charge in [0.25, 0.3) is 0 Å². The van der Waals surface area contributed by atoms with E-state index < -0.39 is 0 Å². The molecule has 0 aliphatic rings. The van der Waals surface area contributed by atoms with E-state index in [1.165, 1.54) is 0 Å². The number of amides is 1. The molecule has 1 atom stereocenters. The number of carbonyl (C=O) groups is 1. The Morgan fingerprint density at radius 1 is 1.71 bits per heavy atom. The molecule has 6 nitrogen and oxygen atoms in total. The first kappa shape index (κ1) is 13.7. The molecule has 1 heterocycles. The second kappa shape index (κ2) is 6.36. The molecule has 96 valence electrons. The highest BCUT2D eigenvalue weighted by atomic mass is 16.1. The zero-order chi connectivity index (χ0) is 12.8. The van der Waals surface area contributed by atoms with Crippen LogP contribution in [0.4, 0.5) is 0 Å². The number of aromatic nitrogens is 2. The summed E-state index contributed by atoms with van der Waals surface area (Å²) in [6.07, 6.45) is 4.21. The SMILES string of the molecule is CNC(=O)CC(CN)N(C)Cc1cnn(C)c1. The maximum Gasteiger partial charge on any atom is 0.221 e. The third kappa shape index (κ3) is 4.16. The fourth-order valence-corrected chi connectivity index (χ4v) is 1.71. The number of nitrogens with two attached hydrogens (primary N) is 1. The van der Waals surface area contributed by atoms with E-state index >= 15 is 0 Å². The topological polar surface area (TPSA) is 76.2 Å². The Balaban J connectivity index is 2.54. The van der Waals surface area contributed by atoms with Crippen molar-refractivity contribution < 1.29 is 4.79 Å². The Kier molecular flexibility index (Phi) is 5.11. The highest BCUT2D eigenvalue weighted by molar-refractivity contribution is 5.76. The first-order valence-corrected chi connectivity index (χ1v) is 5.65. The number of aryl methyl sites for hydroxylation is 1. The fraction of sp³-hybridized carbons (Fsp3) is 0.636. The Bertz CT molecular complexity index is 362. The minimum absolute atomic E-state index is 0.0125. The molecule has 0 saturated heterocycles. The first-order valence-electron chi connectivity index (χ1n) is 5.65.